The molecule has 1 aliphatic rings. The lowest BCUT2D eigenvalue weighted by molar-refractivity contribution is 0.180. The summed E-state index contributed by atoms with van der Waals surface area (Å²) in [5.74, 6) is -0.369. The van der Waals surface area contributed by atoms with E-state index in [9.17, 15) is 13.9 Å². The molecule has 0 aliphatic heterocycles. The zero-order valence-electron chi connectivity index (χ0n) is 10.8. The summed E-state index contributed by atoms with van der Waals surface area (Å²) in [4.78, 5) is 0. The monoisotopic (exact) mass is 276 g/mol. The van der Waals surface area contributed by atoms with Gasteiger partial charge in [-0.05, 0) is 54.3 Å². The Morgan fingerprint density at radius 3 is 2.85 bits per heavy atom. The van der Waals surface area contributed by atoms with Crippen LogP contribution in [0, 0.1) is 11.6 Å². The lowest BCUT2D eigenvalue weighted by Gasteiger charge is -2.10. The number of ether oxygens (including phenoxy) is 1. The van der Waals surface area contributed by atoms with Crippen LogP contribution in [0.2, 0.25) is 0 Å². The number of fused-ring (bicyclic) bond motifs is 1. The second-order valence-electron chi connectivity index (χ2n) is 4.94. The van der Waals surface area contributed by atoms with Crippen molar-refractivity contribution < 1.29 is 18.6 Å². The number of rotatable bonds is 3. The summed E-state index contributed by atoms with van der Waals surface area (Å²) in [6.45, 7) is -0.0229. The van der Waals surface area contributed by atoms with Gasteiger partial charge in [0.2, 0.25) is 0 Å². The van der Waals surface area contributed by atoms with E-state index in [0.29, 0.717) is 5.75 Å². The highest BCUT2D eigenvalue weighted by Gasteiger charge is 2.20. The van der Waals surface area contributed by atoms with Crippen molar-refractivity contribution in [2.75, 3.05) is 0 Å². The molecule has 0 spiro atoms. The quantitative estimate of drug-likeness (QED) is 0.929. The predicted octanol–water partition coefficient (Wildman–Crippen LogP) is 3.52. The molecule has 3 rings (SSSR count). The van der Waals surface area contributed by atoms with Crippen LogP contribution in [0.4, 0.5) is 8.78 Å². The number of benzene rings is 2. The van der Waals surface area contributed by atoms with Gasteiger partial charge in [0.1, 0.15) is 24.0 Å². The highest BCUT2D eigenvalue weighted by atomic mass is 19.1. The Kier molecular flexibility index (Phi) is 3.40. The number of aliphatic hydroxyl groups excluding tert-OH is 1. The van der Waals surface area contributed by atoms with Gasteiger partial charge in [0.25, 0.3) is 0 Å². The molecule has 0 bridgehead atoms. The second-order valence-corrected chi connectivity index (χ2v) is 4.94. The van der Waals surface area contributed by atoms with E-state index in [-0.39, 0.29) is 12.2 Å². The Labute approximate surface area is 115 Å². The van der Waals surface area contributed by atoms with Gasteiger partial charge in [-0.25, -0.2) is 8.78 Å². The molecule has 0 saturated carbocycles. The van der Waals surface area contributed by atoms with Crippen LogP contribution in [0.3, 0.4) is 0 Å². The molecular weight excluding hydrogens is 262 g/mol. The molecule has 1 aliphatic carbocycles. The molecule has 0 aromatic heterocycles. The van der Waals surface area contributed by atoms with E-state index < -0.39 is 17.7 Å². The lowest BCUT2D eigenvalue weighted by Crippen LogP contribution is -2.00. The third-order valence-electron chi connectivity index (χ3n) is 3.56. The van der Waals surface area contributed by atoms with Crippen LogP contribution in [0.15, 0.2) is 36.4 Å². The van der Waals surface area contributed by atoms with Crippen molar-refractivity contribution in [3.63, 3.8) is 0 Å². The van der Waals surface area contributed by atoms with Crippen LogP contribution in [0.5, 0.6) is 5.75 Å². The fraction of sp³-hybridized carbons (Fsp3) is 0.250. The number of aryl methyl sites for hydroxylation is 1. The maximum Gasteiger partial charge on any atom is 0.130 e. The first-order valence-electron chi connectivity index (χ1n) is 6.51. The summed E-state index contributed by atoms with van der Waals surface area (Å²) in [5.41, 5.74) is 2.16. The van der Waals surface area contributed by atoms with E-state index in [1.165, 1.54) is 0 Å². The summed E-state index contributed by atoms with van der Waals surface area (Å²) < 4.78 is 32.0. The topological polar surface area (TPSA) is 29.5 Å². The first kappa shape index (κ1) is 13.1. The van der Waals surface area contributed by atoms with Crippen LogP contribution >= 0.6 is 0 Å². The maximum atomic E-state index is 13.5. The molecule has 0 radical (unpaired) electrons. The van der Waals surface area contributed by atoms with Gasteiger partial charge in [0.15, 0.2) is 0 Å². The van der Waals surface area contributed by atoms with Crippen LogP contribution in [0.1, 0.15) is 29.2 Å². The summed E-state index contributed by atoms with van der Waals surface area (Å²) in [6.07, 6.45) is 1.12. The first-order valence-corrected chi connectivity index (χ1v) is 6.51. The Hall–Kier alpha value is -1.94. The molecule has 2 nitrogen and oxygen atoms in total. The van der Waals surface area contributed by atoms with Gasteiger partial charge < -0.3 is 9.84 Å². The van der Waals surface area contributed by atoms with Crippen LogP contribution in [-0.4, -0.2) is 5.11 Å². The molecule has 1 atom stereocenters. The number of hydrogen-bond donors (Lipinski definition) is 1. The van der Waals surface area contributed by atoms with Crippen molar-refractivity contribution in [2.24, 2.45) is 0 Å². The highest BCUT2D eigenvalue weighted by Crippen LogP contribution is 2.33. The molecule has 0 amide bonds. The Morgan fingerprint density at radius 1 is 1.15 bits per heavy atom. The lowest BCUT2D eigenvalue weighted by atomic mass is 10.1. The summed E-state index contributed by atoms with van der Waals surface area (Å²) >= 11 is 0. The zero-order chi connectivity index (χ0) is 14.1. The van der Waals surface area contributed by atoms with Crippen molar-refractivity contribution >= 4 is 0 Å². The minimum absolute atomic E-state index is 0.0229. The van der Waals surface area contributed by atoms with E-state index in [4.69, 9.17) is 4.74 Å². The Morgan fingerprint density at radius 2 is 2.00 bits per heavy atom. The standard InChI is InChI=1S/C16H14F2O2/c17-12-2-5-15(18)11(7-12)9-20-13-3-4-14-10(8-13)1-6-16(14)19/h2-5,7-8,16,19H,1,6,9H2/t16-/m0/s1. The van der Waals surface area contributed by atoms with Gasteiger partial charge in [0, 0.05) is 5.56 Å². The predicted molar refractivity (Wildman–Crippen MR) is 70.4 cm³/mol. The maximum absolute atomic E-state index is 13.5. The summed E-state index contributed by atoms with van der Waals surface area (Å²) in [5, 5.41) is 9.71. The Balaban J connectivity index is 1.74. The molecule has 104 valence electrons. The van der Waals surface area contributed by atoms with Gasteiger partial charge in [-0.3, -0.25) is 0 Å². The fourth-order valence-corrected chi connectivity index (χ4v) is 2.48. The smallest absolute Gasteiger partial charge is 0.130 e. The highest BCUT2D eigenvalue weighted by molar-refractivity contribution is 5.40. The number of hydrogen-bond acceptors (Lipinski definition) is 2. The van der Waals surface area contributed by atoms with Gasteiger partial charge in [-0.15, -0.1) is 0 Å². The van der Waals surface area contributed by atoms with E-state index in [1.807, 2.05) is 12.1 Å². The zero-order valence-corrected chi connectivity index (χ0v) is 10.8. The second kappa shape index (κ2) is 5.21. The van der Waals surface area contributed by atoms with Gasteiger partial charge in [0.05, 0.1) is 6.10 Å². The summed E-state index contributed by atoms with van der Waals surface area (Å²) in [6, 6.07) is 8.72. The third-order valence-corrected chi connectivity index (χ3v) is 3.56. The van der Waals surface area contributed by atoms with Gasteiger partial charge >= 0.3 is 0 Å². The van der Waals surface area contributed by atoms with Gasteiger partial charge in [-0.1, -0.05) is 6.07 Å². The van der Waals surface area contributed by atoms with Crippen molar-refractivity contribution in [1.29, 1.82) is 0 Å². The molecule has 0 fully saturated rings. The van der Waals surface area contributed by atoms with Crippen LogP contribution in [-0.2, 0) is 13.0 Å². The molecule has 2 aromatic rings. The van der Waals surface area contributed by atoms with E-state index in [1.54, 1.807) is 6.07 Å². The molecule has 2 aromatic carbocycles. The van der Waals surface area contributed by atoms with E-state index >= 15 is 0 Å². The van der Waals surface area contributed by atoms with Crippen molar-refractivity contribution in [2.45, 2.75) is 25.6 Å². The van der Waals surface area contributed by atoms with Crippen LogP contribution in [0.25, 0.3) is 0 Å². The Bertz CT molecular complexity index is 640. The number of halogens is 2. The molecule has 4 heteroatoms. The molecule has 1 N–H and O–H groups in total. The molecule has 0 unspecified atom stereocenters. The number of aliphatic hydroxyl groups is 1. The van der Waals surface area contributed by atoms with Crippen molar-refractivity contribution in [3.05, 3.63) is 64.7 Å². The SMILES string of the molecule is O[C@H]1CCc2cc(OCc3cc(F)ccc3F)ccc21. The van der Waals surface area contributed by atoms with Gasteiger partial charge in [-0.2, -0.15) is 0 Å². The van der Waals surface area contributed by atoms with E-state index in [0.717, 1.165) is 42.2 Å². The molecule has 0 saturated heterocycles. The minimum atomic E-state index is -0.484. The van der Waals surface area contributed by atoms with E-state index in [2.05, 4.69) is 0 Å². The normalized spacial score (nSPS) is 17.1. The third kappa shape index (κ3) is 2.51. The average Bonchev–Trinajstić information content (AvgIpc) is 2.81. The molecule has 20 heavy (non-hydrogen) atoms. The van der Waals surface area contributed by atoms with Crippen molar-refractivity contribution in [3.8, 4) is 5.75 Å². The molecule has 0 heterocycles. The molecular formula is C16H14F2O2. The fourth-order valence-electron chi connectivity index (χ4n) is 2.48. The largest absolute Gasteiger partial charge is 0.489 e. The minimum Gasteiger partial charge on any atom is -0.489 e. The summed E-state index contributed by atoms with van der Waals surface area (Å²) in [7, 11) is 0. The van der Waals surface area contributed by atoms with Crippen LogP contribution < -0.4 is 4.74 Å². The van der Waals surface area contributed by atoms with Crippen molar-refractivity contribution in [1.82, 2.24) is 0 Å². The first-order chi connectivity index (χ1) is 9.63. The average molecular weight is 276 g/mol.